The summed E-state index contributed by atoms with van der Waals surface area (Å²) in [5.74, 6) is 0.511. The number of nitriles is 1. The summed E-state index contributed by atoms with van der Waals surface area (Å²) in [6.45, 7) is 3.54. The topological polar surface area (TPSA) is 73.6 Å². The summed E-state index contributed by atoms with van der Waals surface area (Å²) in [6.07, 6.45) is 1.06. The van der Waals surface area contributed by atoms with Gasteiger partial charge >= 0.3 is 0 Å². The predicted molar refractivity (Wildman–Crippen MR) is 80.9 cm³/mol. The van der Waals surface area contributed by atoms with Crippen LogP contribution in [0.4, 0.5) is 5.95 Å². The molecule has 1 aromatic heterocycles. The highest BCUT2D eigenvalue weighted by molar-refractivity contribution is 5.36. The number of fused-ring (bicyclic) bond motifs is 1. The molecular weight excluding hydrogens is 262 g/mol. The second-order valence-electron chi connectivity index (χ2n) is 5.17. The SMILES string of the molecule is Cc1cc(C#N)nc(NCC2NCCc3ccccc32)n1. The first-order valence-corrected chi connectivity index (χ1v) is 7.07. The van der Waals surface area contributed by atoms with Gasteiger partial charge in [-0.3, -0.25) is 0 Å². The van der Waals surface area contributed by atoms with Crippen LogP contribution < -0.4 is 10.6 Å². The van der Waals surface area contributed by atoms with E-state index < -0.39 is 0 Å². The highest BCUT2D eigenvalue weighted by atomic mass is 15.1. The summed E-state index contributed by atoms with van der Waals surface area (Å²) in [4.78, 5) is 8.50. The van der Waals surface area contributed by atoms with E-state index in [-0.39, 0.29) is 6.04 Å². The van der Waals surface area contributed by atoms with Crippen LogP contribution in [0.2, 0.25) is 0 Å². The van der Waals surface area contributed by atoms with Crippen LogP contribution in [0.15, 0.2) is 30.3 Å². The van der Waals surface area contributed by atoms with Crippen molar-refractivity contribution in [3.05, 3.63) is 52.8 Å². The molecule has 5 nitrogen and oxygen atoms in total. The summed E-state index contributed by atoms with van der Waals surface area (Å²) in [7, 11) is 0. The average molecular weight is 279 g/mol. The molecule has 2 aromatic rings. The molecule has 1 atom stereocenters. The lowest BCUT2D eigenvalue weighted by molar-refractivity contribution is 0.522. The van der Waals surface area contributed by atoms with Crippen molar-refractivity contribution in [3.8, 4) is 6.07 Å². The van der Waals surface area contributed by atoms with Gasteiger partial charge in [0.1, 0.15) is 11.8 Å². The van der Waals surface area contributed by atoms with Crippen LogP contribution >= 0.6 is 0 Å². The van der Waals surface area contributed by atoms with E-state index in [0.717, 1.165) is 18.7 Å². The molecule has 106 valence electrons. The van der Waals surface area contributed by atoms with E-state index >= 15 is 0 Å². The molecule has 0 fully saturated rings. The van der Waals surface area contributed by atoms with E-state index in [0.29, 0.717) is 18.2 Å². The first-order chi connectivity index (χ1) is 10.3. The number of aryl methyl sites for hydroxylation is 1. The summed E-state index contributed by atoms with van der Waals surface area (Å²) in [5.41, 5.74) is 3.90. The van der Waals surface area contributed by atoms with Crippen LogP contribution in [0, 0.1) is 18.3 Å². The number of benzene rings is 1. The average Bonchev–Trinajstić information content (AvgIpc) is 2.52. The van der Waals surface area contributed by atoms with Crippen molar-refractivity contribution in [2.45, 2.75) is 19.4 Å². The monoisotopic (exact) mass is 279 g/mol. The standard InChI is InChI=1S/C16H17N5/c1-11-8-13(9-17)21-16(20-11)19-10-15-14-5-3-2-4-12(14)6-7-18-15/h2-5,8,15,18H,6-7,10H2,1H3,(H,19,20,21). The van der Waals surface area contributed by atoms with Gasteiger partial charge in [0.15, 0.2) is 0 Å². The van der Waals surface area contributed by atoms with Gasteiger partial charge < -0.3 is 10.6 Å². The highest BCUT2D eigenvalue weighted by Gasteiger charge is 2.19. The van der Waals surface area contributed by atoms with Crippen LogP contribution in [0.5, 0.6) is 0 Å². The maximum Gasteiger partial charge on any atom is 0.224 e. The van der Waals surface area contributed by atoms with Gasteiger partial charge in [-0.2, -0.15) is 5.26 Å². The number of hydrogen-bond donors (Lipinski definition) is 2. The van der Waals surface area contributed by atoms with Crippen molar-refractivity contribution in [2.75, 3.05) is 18.4 Å². The number of nitrogens with one attached hydrogen (secondary N) is 2. The Hall–Kier alpha value is -2.45. The maximum absolute atomic E-state index is 8.95. The van der Waals surface area contributed by atoms with E-state index in [1.165, 1.54) is 11.1 Å². The van der Waals surface area contributed by atoms with Gasteiger partial charge in [0.05, 0.1) is 0 Å². The highest BCUT2D eigenvalue weighted by Crippen LogP contribution is 2.22. The summed E-state index contributed by atoms with van der Waals surface area (Å²) in [5, 5.41) is 15.7. The Balaban J connectivity index is 1.74. The van der Waals surface area contributed by atoms with Crippen molar-refractivity contribution < 1.29 is 0 Å². The third-order valence-electron chi connectivity index (χ3n) is 3.65. The Labute approximate surface area is 124 Å². The lowest BCUT2D eigenvalue weighted by atomic mass is 9.94. The molecule has 0 spiro atoms. The molecule has 0 radical (unpaired) electrons. The number of aromatic nitrogens is 2. The largest absolute Gasteiger partial charge is 0.352 e. The van der Waals surface area contributed by atoms with Gasteiger partial charge in [-0.15, -0.1) is 0 Å². The molecule has 0 bridgehead atoms. The molecule has 3 rings (SSSR count). The van der Waals surface area contributed by atoms with E-state index in [2.05, 4.69) is 50.9 Å². The number of nitrogens with zero attached hydrogens (tertiary/aromatic N) is 3. The second-order valence-corrected chi connectivity index (χ2v) is 5.17. The van der Waals surface area contributed by atoms with Crippen molar-refractivity contribution in [1.29, 1.82) is 5.26 Å². The summed E-state index contributed by atoms with van der Waals surface area (Å²) < 4.78 is 0. The number of anilines is 1. The summed E-state index contributed by atoms with van der Waals surface area (Å²) in [6, 6.07) is 12.5. The third-order valence-corrected chi connectivity index (χ3v) is 3.65. The molecule has 1 aromatic carbocycles. The van der Waals surface area contributed by atoms with Gasteiger partial charge in [0.2, 0.25) is 5.95 Å². The molecule has 1 aliphatic rings. The third kappa shape index (κ3) is 3.01. The zero-order valence-corrected chi connectivity index (χ0v) is 11.9. The first-order valence-electron chi connectivity index (χ1n) is 7.07. The van der Waals surface area contributed by atoms with E-state index in [1.807, 2.05) is 6.92 Å². The minimum absolute atomic E-state index is 0.240. The molecule has 2 N–H and O–H groups in total. The van der Waals surface area contributed by atoms with E-state index in [1.54, 1.807) is 6.07 Å². The van der Waals surface area contributed by atoms with Gasteiger partial charge in [-0.25, -0.2) is 9.97 Å². The van der Waals surface area contributed by atoms with Gasteiger partial charge in [-0.1, -0.05) is 24.3 Å². The molecule has 0 aliphatic carbocycles. The Morgan fingerprint density at radius 2 is 2.24 bits per heavy atom. The van der Waals surface area contributed by atoms with E-state index in [9.17, 15) is 0 Å². The molecule has 0 amide bonds. The molecule has 0 saturated carbocycles. The minimum Gasteiger partial charge on any atom is -0.352 e. The van der Waals surface area contributed by atoms with Crippen molar-refractivity contribution >= 4 is 5.95 Å². The Morgan fingerprint density at radius 1 is 1.38 bits per heavy atom. The Morgan fingerprint density at radius 3 is 3.10 bits per heavy atom. The number of hydrogen-bond acceptors (Lipinski definition) is 5. The lowest BCUT2D eigenvalue weighted by Gasteiger charge is -2.27. The molecular formula is C16H17N5. The molecule has 2 heterocycles. The Bertz CT molecular complexity index is 689. The van der Waals surface area contributed by atoms with Gasteiger partial charge in [0.25, 0.3) is 0 Å². The smallest absolute Gasteiger partial charge is 0.224 e. The molecule has 5 heteroatoms. The fourth-order valence-electron chi connectivity index (χ4n) is 2.67. The lowest BCUT2D eigenvalue weighted by Crippen LogP contribution is -2.34. The molecule has 1 unspecified atom stereocenters. The van der Waals surface area contributed by atoms with Gasteiger partial charge in [0, 0.05) is 18.3 Å². The van der Waals surface area contributed by atoms with Crippen molar-refractivity contribution in [1.82, 2.24) is 15.3 Å². The van der Waals surface area contributed by atoms with Gasteiger partial charge in [-0.05, 0) is 37.1 Å². The fourth-order valence-corrected chi connectivity index (χ4v) is 2.67. The van der Waals surface area contributed by atoms with Crippen molar-refractivity contribution in [2.24, 2.45) is 0 Å². The van der Waals surface area contributed by atoms with Crippen LogP contribution in [0.3, 0.4) is 0 Å². The first kappa shape index (κ1) is 13.5. The normalized spacial score (nSPS) is 16.9. The Kier molecular flexibility index (Phi) is 3.80. The predicted octanol–water partition coefficient (Wildman–Crippen LogP) is 1.96. The van der Waals surface area contributed by atoms with Crippen LogP contribution in [0.1, 0.15) is 28.6 Å². The fraction of sp³-hybridized carbons (Fsp3) is 0.312. The maximum atomic E-state index is 8.95. The minimum atomic E-state index is 0.240. The zero-order chi connectivity index (χ0) is 14.7. The van der Waals surface area contributed by atoms with Crippen LogP contribution in [0.25, 0.3) is 0 Å². The molecule has 0 saturated heterocycles. The summed E-state index contributed by atoms with van der Waals surface area (Å²) >= 11 is 0. The molecule has 21 heavy (non-hydrogen) atoms. The van der Waals surface area contributed by atoms with E-state index in [4.69, 9.17) is 5.26 Å². The zero-order valence-electron chi connectivity index (χ0n) is 11.9. The quantitative estimate of drug-likeness (QED) is 0.898. The van der Waals surface area contributed by atoms with Crippen LogP contribution in [-0.2, 0) is 6.42 Å². The van der Waals surface area contributed by atoms with Crippen molar-refractivity contribution in [3.63, 3.8) is 0 Å². The molecule has 1 aliphatic heterocycles. The number of rotatable bonds is 3. The van der Waals surface area contributed by atoms with Crippen LogP contribution in [-0.4, -0.2) is 23.1 Å². The second kappa shape index (κ2) is 5.90.